The van der Waals surface area contributed by atoms with Crippen molar-refractivity contribution in [3.8, 4) is 0 Å². The summed E-state index contributed by atoms with van der Waals surface area (Å²) in [5.41, 5.74) is 3.28. The molecule has 0 saturated heterocycles. The second-order valence-electron chi connectivity index (χ2n) is 4.99. The van der Waals surface area contributed by atoms with Crippen molar-refractivity contribution in [1.29, 1.82) is 0 Å². The summed E-state index contributed by atoms with van der Waals surface area (Å²) in [6, 6.07) is -0.0458. The van der Waals surface area contributed by atoms with E-state index in [1.54, 1.807) is 6.33 Å². The van der Waals surface area contributed by atoms with E-state index in [4.69, 9.17) is 5.11 Å². The smallest absolute Gasteiger partial charge is 0.255 e. The van der Waals surface area contributed by atoms with Gasteiger partial charge in [0.2, 0.25) is 0 Å². The zero-order valence-corrected chi connectivity index (χ0v) is 11.3. The summed E-state index contributed by atoms with van der Waals surface area (Å²) < 4.78 is 2.00. The predicted octanol–water partition coefficient (Wildman–Crippen LogP) is 0.0953. The van der Waals surface area contributed by atoms with Gasteiger partial charge in [0, 0.05) is 25.8 Å². The fourth-order valence-electron chi connectivity index (χ4n) is 2.67. The highest BCUT2D eigenvalue weighted by atomic mass is 16.3. The number of aromatic nitrogens is 4. The number of amides is 1. The van der Waals surface area contributed by atoms with Gasteiger partial charge in [-0.1, -0.05) is 0 Å². The van der Waals surface area contributed by atoms with Gasteiger partial charge in [-0.3, -0.25) is 9.89 Å². The molecule has 0 bridgehead atoms. The molecular weight excluding hydrogens is 258 g/mol. The van der Waals surface area contributed by atoms with Crippen LogP contribution in [0, 0.1) is 0 Å². The minimum Gasteiger partial charge on any atom is -0.396 e. The first-order valence-electron chi connectivity index (χ1n) is 6.64. The lowest BCUT2D eigenvalue weighted by molar-refractivity contribution is 0.0935. The molecule has 2 aromatic heterocycles. The second-order valence-corrected chi connectivity index (χ2v) is 4.99. The maximum atomic E-state index is 12.3. The Hall–Kier alpha value is -2.15. The maximum absolute atomic E-state index is 12.3. The molecule has 0 saturated carbocycles. The fraction of sp³-hybridized carbons (Fsp3) is 0.462. The minimum absolute atomic E-state index is 0.0176. The quantitative estimate of drug-likeness (QED) is 0.737. The number of hydrogen-bond acceptors (Lipinski definition) is 4. The van der Waals surface area contributed by atoms with Gasteiger partial charge in [0.1, 0.15) is 0 Å². The second kappa shape index (κ2) is 5.09. The molecule has 2 heterocycles. The summed E-state index contributed by atoms with van der Waals surface area (Å²) in [6.07, 6.45) is 5.45. The molecule has 1 aliphatic carbocycles. The van der Waals surface area contributed by atoms with Crippen LogP contribution in [-0.2, 0) is 19.9 Å². The van der Waals surface area contributed by atoms with Crippen LogP contribution in [0.1, 0.15) is 39.9 Å². The Kier molecular flexibility index (Phi) is 3.27. The van der Waals surface area contributed by atoms with Crippen molar-refractivity contribution in [3.63, 3.8) is 0 Å². The number of fused-ring (bicyclic) bond motifs is 1. The van der Waals surface area contributed by atoms with Gasteiger partial charge in [0.05, 0.1) is 35.5 Å². The van der Waals surface area contributed by atoms with E-state index in [-0.39, 0.29) is 18.6 Å². The molecule has 3 N–H and O–H groups in total. The van der Waals surface area contributed by atoms with Crippen molar-refractivity contribution in [1.82, 2.24) is 25.1 Å². The summed E-state index contributed by atoms with van der Waals surface area (Å²) in [5.74, 6) is -0.175. The Balaban J connectivity index is 1.75. The van der Waals surface area contributed by atoms with Gasteiger partial charge < -0.3 is 15.0 Å². The molecule has 7 heteroatoms. The first kappa shape index (κ1) is 12.9. The third kappa shape index (κ3) is 2.09. The molecule has 1 aliphatic rings. The Bertz CT molecular complexity index is 630. The average molecular weight is 275 g/mol. The van der Waals surface area contributed by atoms with Gasteiger partial charge in [-0.25, -0.2) is 4.98 Å². The molecule has 20 heavy (non-hydrogen) atoms. The van der Waals surface area contributed by atoms with Crippen molar-refractivity contribution >= 4 is 5.91 Å². The van der Waals surface area contributed by atoms with E-state index in [2.05, 4.69) is 20.5 Å². The molecule has 1 atom stereocenters. The summed E-state index contributed by atoms with van der Waals surface area (Å²) in [5, 5.41) is 18.6. The first-order chi connectivity index (χ1) is 9.70. The summed E-state index contributed by atoms with van der Waals surface area (Å²) in [7, 11) is 1.96. The number of carbonyl (C=O) groups excluding carboxylic acids is 1. The highest BCUT2D eigenvalue weighted by Crippen LogP contribution is 2.29. The van der Waals surface area contributed by atoms with Gasteiger partial charge in [-0.15, -0.1) is 0 Å². The highest BCUT2D eigenvalue weighted by Gasteiger charge is 2.28. The Morgan fingerprint density at radius 3 is 3.30 bits per heavy atom. The molecule has 0 unspecified atom stereocenters. The lowest BCUT2D eigenvalue weighted by Crippen LogP contribution is -2.28. The molecule has 0 radical (unpaired) electrons. The Labute approximate surface area is 116 Å². The molecule has 0 fully saturated rings. The number of nitrogens with one attached hydrogen (secondary N) is 2. The van der Waals surface area contributed by atoms with E-state index >= 15 is 0 Å². The molecule has 0 aliphatic heterocycles. The van der Waals surface area contributed by atoms with Crippen molar-refractivity contribution in [2.24, 2.45) is 7.05 Å². The van der Waals surface area contributed by atoms with Crippen LogP contribution < -0.4 is 5.32 Å². The zero-order valence-electron chi connectivity index (χ0n) is 11.3. The number of imidazole rings is 1. The largest absolute Gasteiger partial charge is 0.396 e. The zero-order chi connectivity index (χ0) is 14.1. The molecule has 0 aromatic carbocycles. The fourth-order valence-corrected chi connectivity index (χ4v) is 2.67. The van der Waals surface area contributed by atoms with E-state index in [0.29, 0.717) is 17.7 Å². The number of hydrogen-bond donors (Lipinski definition) is 3. The van der Waals surface area contributed by atoms with Gasteiger partial charge in [0.15, 0.2) is 0 Å². The standard InChI is InChI=1S/C13H17N5O2/c1-18-7-14-12-10(2-3-11(12)18)16-13(20)8-6-15-17-9(8)4-5-19/h6-7,10,19H,2-5H2,1H3,(H,15,17)(H,16,20)/t10-/m1/s1. The molecule has 1 amide bonds. The van der Waals surface area contributed by atoms with E-state index in [9.17, 15) is 4.79 Å². The summed E-state index contributed by atoms with van der Waals surface area (Å²) in [4.78, 5) is 16.6. The van der Waals surface area contributed by atoms with Crippen LogP contribution in [0.15, 0.2) is 12.5 Å². The predicted molar refractivity (Wildman–Crippen MR) is 71.1 cm³/mol. The van der Waals surface area contributed by atoms with Crippen LogP contribution in [0.4, 0.5) is 0 Å². The lowest BCUT2D eigenvalue weighted by atomic mass is 10.1. The number of aliphatic hydroxyl groups is 1. The summed E-state index contributed by atoms with van der Waals surface area (Å²) >= 11 is 0. The number of aliphatic hydroxyl groups excluding tert-OH is 1. The van der Waals surface area contributed by atoms with Crippen LogP contribution in [0.5, 0.6) is 0 Å². The lowest BCUT2D eigenvalue weighted by Gasteiger charge is -2.11. The van der Waals surface area contributed by atoms with Gasteiger partial charge in [-0.2, -0.15) is 5.10 Å². The SMILES string of the molecule is Cn1cnc2c1CC[C@H]2NC(=O)c1cn[nH]c1CCO. The van der Waals surface area contributed by atoms with Crippen LogP contribution in [0.2, 0.25) is 0 Å². The van der Waals surface area contributed by atoms with Crippen molar-refractivity contribution in [2.45, 2.75) is 25.3 Å². The molecule has 2 aromatic rings. The summed E-state index contributed by atoms with van der Waals surface area (Å²) in [6.45, 7) is -0.0176. The van der Waals surface area contributed by atoms with E-state index in [0.717, 1.165) is 18.5 Å². The number of nitrogens with zero attached hydrogens (tertiary/aromatic N) is 3. The van der Waals surface area contributed by atoms with Crippen molar-refractivity contribution in [3.05, 3.63) is 35.2 Å². The van der Waals surface area contributed by atoms with Crippen LogP contribution >= 0.6 is 0 Å². The average Bonchev–Trinajstić information content (AvgIpc) is 3.10. The van der Waals surface area contributed by atoms with Crippen LogP contribution in [-0.4, -0.2) is 37.4 Å². The maximum Gasteiger partial charge on any atom is 0.255 e. The van der Waals surface area contributed by atoms with Crippen molar-refractivity contribution < 1.29 is 9.90 Å². The van der Waals surface area contributed by atoms with Gasteiger partial charge >= 0.3 is 0 Å². The first-order valence-corrected chi connectivity index (χ1v) is 6.64. The number of carbonyl (C=O) groups is 1. The number of rotatable bonds is 4. The minimum atomic E-state index is -0.175. The highest BCUT2D eigenvalue weighted by molar-refractivity contribution is 5.95. The number of H-pyrrole nitrogens is 1. The van der Waals surface area contributed by atoms with Gasteiger partial charge in [0.25, 0.3) is 5.91 Å². The van der Waals surface area contributed by atoms with Crippen LogP contribution in [0.3, 0.4) is 0 Å². The van der Waals surface area contributed by atoms with Crippen LogP contribution in [0.25, 0.3) is 0 Å². The molecular formula is C13H17N5O2. The third-order valence-corrected chi connectivity index (χ3v) is 3.72. The van der Waals surface area contributed by atoms with E-state index in [1.165, 1.54) is 11.9 Å². The topological polar surface area (TPSA) is 95.8 Å². The number of aryl methyl sites for hydroxylation is 1. The van der Waals surface area contributed by atoms with Crippen molar-refractivity contribution in [2.75, 3.05) is 6.61 Å². The molecule has 7 nitrogen and oxygen atoms in total. The van der Waals surface area contributed by atoms with E-state index in [1.807, 2.05) is 11.6 Å². The number of aromatic amines is 1. The monoisotopic (exact) mass is 275 g/mol. The van der Waals surface area contributed by atoms with E-state index < -0.39 is 0 Å². The van der Waals surface area contributed by atoms with Gasteiger partial charge in [-0.05, 0) is 12.8 Å². The Morgan fingerprint density at radius 1 is 1.65 bits per heavy atom. The molecule has 3 rings (SSSR count). The normalized spacial score (nSPS) is 17.2. The Morgan fingerprint density at radius 2 is 2.50 bits per heavy atom. The molecule has 106 valence electrons. The molecule has 0 spiro atoms. The third-order valence-electron chi connectivity index (χ3n) is 3.72.